The molecule has 1 rings (SSSR count). The van der Waals surface area contributed by atoms with Crippen LogP contribution in [0, 0.1) is 12.8 Å². The zero-order valence-electron chi connectivity index (χ0n) is 12.7. The molecular formula is C17H29N. The third kappa shape index (κ3) is 5.68. The van der Waals surface area contributed by atoms with E-state index in [2.05, 4.69) is 64.2 Å². The molecule has 1 aromatic carbocycles. The summed E-state index contributed by atoms with van der Waals surface area (Å²) >= 11 is 0. The largest absolute Gasteiger partial charge is 0.312 e. The van der Waals surface area contributed by atoms with Crippen molar-refractivity contribution in [3.05, 3.63) is 35.4 Å². The maximum Gasteiger partial charge on any atom is 0.00966 e. The van der Waals surface area contributed by atoms with E-state index in [-0.39, 0.29) is 5.54 Å². The van der Waals surface area contributed by atoms with Crippen LogP contribution in [0.4, 0.5) is 0 Å². The highest BCUT2D eigenvalue weighted by molar-refractivity contribution is 5.25. The minimum absolute atomic E-state index is 0.220. The smallest absolute Gasteiger partial charge is 0.00966 e. The van der Waals surface area contributed by atoms with E-state index in [1.165, 1.54) is 30.4 Å². The van der Waals surface area contributed by atoms with Crippen LogP contribution in [0.3, 0.4) is 0 Å². The molecule has 1 N–H and O–H groups in total. The van der Waals surface area contributed by atoms with Crippen LogP contribution in [-0.2, 0) is 6.42 Å². The van der Waals surface area contributed by atoms with Crippen molar-refractivity contribution in [1.82, 2.24) is 5.32 Å². The average molecular weight is 247 g/mol. The van der Waals surface area contributed by atoms with Crippen LogP contribution >= 0.6 is 0 Å². The Morgan fingerprint density at radius 3 is 2.39 bits per heavy atom. The minimum Gasteiger partial charge on any atom is -0.312 e. The topological polar surface area (TPSA) is 12.0 Å². The molecule has 1 unspecified atom stereocenters. The van der Waals surface area contributed by atoms with E-state index >= 15 is 0 Å². The van der Waals surface area contributed by atoms with E-state index in [1.807, 2.05) is 0 Å². The lowest BCUT2D eigenvalue weighted by atomic mass is 9.92. The summed E-state index contributed by atoms with van der Waals surface area (Å²) in [6.45, 7) is 12.3. The Labute approximate surface area is 113 Å². The van der Waals surface area contributed by atoms with Crippen LogP contribution in [0.25, 0.3) is 0 Å². The lowest BCUT2D eigenvalue weighted by molar-refractivity contribution is 0.354. The van der Waals surface area contributed by atoms with Crippen molar-refractivity contribution in [3.63, 3.8) is 0 Å². The summed E-state index contributed by atoms with van der Waals surface area (Å²) in [6, 6.07) is 8.77. The van der Waals surface area contributed by atoms with E-state index in [1.54, 1.807) is 0 Å². The predicted octanol–water partition coefficient (Wildman–Crippen LogP) is 4.34. The van der Waals surface area contributed by atoms with Crippen molar-refractivity contribution in [1.29, 1.82) is 0 Å². The Kier molecular flexibility index (Phi) is 5.87. The molecule has 1 atom stereocenters. The van der Waals surface area contributed by atoms with E-state index in [0.717, 1.165) is 12.5 Å². The summed E-state index contributed by atoms with van der Waals surface area (Å²) in [5, 5.41) is 3.65. The minimum atomic E-state index is 0.220. The van der Waals surface area contributed by atoms with E-state index in [9.17, 15) is 0 Å². The van der Waals surface area contributed by atoms with Gasteiger partial charge in [0.2, 0.25) is 0 Å². The summed E-state index contributed by atoms with van der Waals surface area (Å²) in [7, 11) is 0. The first kappa shape index (κ1) is 15.2. The fourth-order valence-corrected chi connectivity index (χ4v) is 2.29. The molecule has 0 radical (unpaired) electrons. The number of hydrogen-bond donors (Lipinski definition) is 1. The van der Waals surface area contributed by atoms with Gasteiger partial charge >= 0.3 is 0 Å². The molecular weight excluding hydrogens is 218 g/mol. The fourth-order valence-electron chi connectivity index (χ4n) is 2.29. The fraction of sp³-hybridized carbons (Fsp3) is 0.647. The molecule has 0 amide bonds. The summed E-state index contributed by atoms with van der Waals surface area (Å²) in [4.78, 5) is 0. The van der Waals surface area contributed by atoms with Gasteiger partial charge < -0.3 is 5.32 Å². The first-order chi connectivity index (χ1) is 8.42. The monoisotopic (exact) mass is 247 g/mol. The lowest BCUT2D eigenvalue weighted by Crippen LogP contribution is -2.39. The summed E-state index contributed by atoms with van der Waals surface area (Å²) in [5.74, 6) is 0.746. The van der Waals surface area contributed by atoms with Gasteiger partial charge in [-0.25, -0.2) is 0 Å². The maximum absolute atomic E-state index is 3.65. The molecule has 0 saturated carbocycles. The van der Waals surface area contributed by atoms with Gasteiger partial charge in [-0.3, -0.25) is 0 Å². The summed E-state index contributed by atoms with van der Waals surface area (Å²) in [6.07, 6.45) is 3.77. The van der Waals surface area contributed by atoms with Gasteiger partial charge in [-0.05, 0) is 64.1 Å². The van der Waals surface area contributed by atoms with Crippen molar-refractivity contribution < 1.29 is 0 Å². The first-order valence-corrected chi connectivity index (χ1v) is 7.22. The summed E-state index contributed by atoms with van der Waals surface area (Å²) < 4.78 is 0. The van der Waals surface area contributed by atoms with Crippen molar-refractivity contribution >= 4 is 0 Å². The second-order valence-corrected chi connectivity index (χ2v) is 6.42. The highest BCUT2D eigenvalue weighted by Gasteiger charge is 2.14. The standard InChI is InChI=1S/C17H29N/c1-6-9-15(13-18-17(3,4)5)12-16-11-8-7-10-14(16)2/h7-8,10-11,15,18H,6,9,12-13H2,1-5H3. The van der Waals surface area contributed by atoms with Crippen LogP contribution in [0.2, 0.25) is 0 Å². The number of benzene rings is 1. The molecule has 0 fully saturated rings. The Morgan fingerprint density at radius 1 is 1.17 bits per heavy atom. The van der Waals surface area contributed by atoms with Gasteiger partial charge in [-0.2, -0.15) is 0 Å². The van der Waals surface area contributed by atoms with Crippen LogP contribution in [-0.4, -0.2) is 12.1 Å². The van der Waals surface area contributed by atoms with Gasteiger partial charge in [-0.15, -0.1) is 0 Å². The Bertz CT molecular complexity index is 349. The number of aryl methyl sites for hydroxylation is 1. The molecule has 0 aliphatic carbocycles. The molecule has 0 saturated heterocycles. The third-order valence-electron chi connectivity index (χ3n) is 3.39. The van der Waals surface area contributed by atoms with Crippen molar-refractivity contribution in [2.24, 2.45) is 5.92 Å². The second-order valence-electron chi connectivity index (χ2n) is 6.42. The molecule has 0 aliphatic heterocycles. The van der Waals surface area contributed by atoms with Gasteiger partial charge in [0.15, 0.2) is 0 Å². The van der Waals surface area contributed by atoms with Crippen LogP contribution in [0.15, 0.2) is 24.3 Å². The van der Waals surface area contributed by atoms with Crippen LogP contribution in [0.5, 0.6) is 0 Å². The number of nitrogens with one attached hydrogen (secondary N) is 1. The SMILES string of the molecule is CCCC(CNC(C)(C)C)Cc1ccccc1C. The summed E-state index contributed by atoms with van der Waals surface area (Å²) in [5.41, 5.74) is 3.15. The first-order valence-electron chi connectivity index (χ1n) is 7.22. The Morgan fingerprint density at radius 2 is 1.83 bits per heavy atom. The Balaban J connectivity index is 2.60. The molecule has 102 valence electrons. The molecule has 1 aromatic rings. The molecule has 0 spiro atoms. The highest BCUT2D eigenvalue weighted by atomic mass is 14.9. The Hall–Kier alpha value is -0.820. The van der Waals surface area contributed by atoms with Crippen LogP contribution in [0.1, 0.15) is 51.7 Å². The average Bonchev–Trinajstić information content (AvgIpc) is 2.28. The third-order valence-corrected chi connectivity index (χ3v) is 3.39. The second kappa shape index (κ2) is 6.94. The molecule has 18 heavy (non-hydrogen) atoms. The molecule has 0 aliphatic rings. The van der Waals surface area contributed by atoms with E-state index < -0.39 is 0 Å². The van der Waals surface area contributed by atoms with Crippen molar-refractivity contribution in [2.75, 3.05) is 6.54 Å². The maximum atomic E-state index is 3.65. The van der Waals surface area contributed by atoms with Gasteiger partial charge in [0.1, 0.15) is 0 Å². The zero-order chi connectivity index (χ0) is 13.6. The molecule has 0 heterocycles. The van der Waals surface area contributed by atoms with Gasteiger partial charge in [0, 0.05) is 5.54 Å². The molecule has 0 bridgehead atoms. The van der Waals surface area contributed by atoms with Gasteiger partial charge in [-0.1, -0.05) is 37.6 Å². The number of hydrogen-bond acceptors (Lipinski definition) is 1. The number of rotatable bonds is 6. The van der Waals surface area contributed by atoms with Gasteiger partial charge in [0.25, 0.3) is 0 Å². The van der Waals surface area contributed by atoms with Crippen LogP contribution < -0.4 is 5.32 Å². The highest BCUT2D eigenvalue weighted by Crippen LogP contribution is 2.17. The normalized spacial score (nSPS) is 13.6. The van der Waals surface area contributed by atoms with Gasteiger partial charge in [0.05, 0.1) is 0 Å². The lowest BCUT2D eigenvalue weighted by Gasteiger charge is -2.25. The van der Waals surface area contributed by atoms with Crippen molar-refractivity contribution in [2.45, 2.75) is 59.4 Å². The van der Waals surface area contributed by atoms with E-state index in [0.29, 0.717) is 0 Å². The molecule has 1 nitrogen and oxygen atoms in total. The molecule has 0 aromatic heterocycles. The quantitative estimate of drug-likeness (QED) is 0.788. The molecule has 1 heteroatoms. The van der Waals surface area contributed by atoms with Crippen molar-refractivity contribution in [3.8, 4) is 0 Å². The zero-order valence-corrected chi connectivity index (χ0v) is 12.7. The predicted molar refractivity (Wildman–Crippen MR) is 81.0 cm³/mol. The van der Waals surface area contributed by atoms with E-state index in [4.69, 9.17) is 0 Å².